The van der Waals surface area contributed by atoms with Crippen molar-refractivity contribution < 1.29 is 13.2 Å². The van der Waals surface area contributed by atoms with Gasteiger partial charge in [0.05, 0.1) is 12.4 Å². The second kappa shape index (κ2) is 5.48. The topological polar surface area (TPSA) is 43.4 Å². The van der Waals surface area contributed by atoms with Gasteiger partial charge >= 0.3 is 0 Å². The minimum Gasteiger partial charge on any atom is -0.486 e. The van der Waals surface area contributed by atoms with Crippen LogP contribution in [-0.4, -0.2) is 31.6 Å². The fourth-order valence-corrected chi connectivity index (χ4v) is 2.63. The molecule has 0 N–H and O–H groups in total. The van der Waals surface area contributed by atoms with Gasteiger partial charge in [0.1, 0.15) is 5.75 Å². The van der Waals surface area contributed by atoms with Crippen LogP contribution in [0.15, 0.2) is 0 Å². The van der Waals surface area contributed by atoms with Crippen LogP contribution < -0.4 is 0 Å². The van der Waals surface area contributed by atoms with Crippen LogP contribution in [0.25, 0.3) is 0 Å². The molecule has 12 heavy (non-hydrogen) atoms. The number of hydrogen-bond acceptors (Lipinski definition) is 4. The second-order valence-electron chi connectivity index (χ2n) is 2.40. The molecule has 5 heteroatoms. The zero-order valence-electron chi connectivity index (χ0n) is 7.37. The zero-order chi connectivity index (χ0) is 9.61. The highest BCUT2D eigenvalue weighted by Crippen LogP contribution is 1.96. The van der Waals surface area contributed by atoms with E-state index in [9.17, 15) is 8.42 Å². The highest BCUT2D eigenvalue weighted by molar-refractivity contribution is 7.93. The van der Waals surface area contributed by atoms with Crippen molar-refractivity contribution in [2.45, 2.75) is 20.3 Å². The van der Waals surface area contributed by atoms with E-state index < -0.39 is 9.84 Å². The molecule has 0 aliphatic carbocycles. The number of hydrogen-bond donors (Lipinski definition) is 0. The van der Waals surface area contributed by atoms with Crippen LogP contribution in [0.5, 0.6) is 0 Å². The van der Waals surface area contributed by atoms with E-state index in [-0.39, 0.29) is 16.6 Å². The van der Waals surface area contributed by atoms with E-state index in [1.807, 2.05) is 6.92 Å². The number of rotatable bonds is 5. The van der Waals surface area contributed by atoms with Crippen LogP contribution in [-0.2, 0) is 14.6 Å². The Bertz CT molecular complexity index is 231. The first-order valence-electron chi connectivity index (χ1n) is 3.88. The van der Waals surface area contributed by atoms with Crippen LogP contribution in [0.4, 0.5) is 0 Å². The maximum Gasteiger partial charge on any atom is 0.174 e. The lowest BCUT2D eigenvalue weighted by Gasteiger charge is -2.04. The molecule has 0 aliphatic rings. The Kier molecular flexibility index (Phi) is 5.41. The van der Waals surface area contributed by atoms with Crippen molar-refractivity contribution in [1.29, 1.82) is 0 Å². The number of ether oxygens (including phenoxy) is 1. The summed E-state index contributed by atoms with van der Waals surface area (Å²) in [6.07, 6.45) is 0.622. The van der Waals surface area contributed by atoms with Gasteiger partial charge in [-0.25, -0.2) is 8.42 Å². The molecule has 0 spiro atoms. The maximum atomic E-state index is 11.1. The van der Waals surface area contributed by atoms with E-state index in [4.69, 9.17) is 17.0 Å². The largest absolute Gasteiger partial charge is 0.486 e. The fraction of sp³-hybridized carbons (Fsp3) is 0.857. The molecule has 0 saturated heterocycles. The van der Waals surface area contributed by atoms with Crippen molar-refractivity contribution in [1.82, 2.24) is 0 Å². The molecule has 0 bridgehead atoms. The predicted octanol–water partition coefficient (Wildman–Crippen LogP) is 1.18. The van der Waals surface area contributed by atoms with Crippen LogP contribution in [0.2, 0.25) is 0 Å². The third kappa shape index (κ3) is 5.49. The Hall–Kier alpha value is -0.160. The fourth-order valence-electron chi connectivity index (χ4n) is 0.765. The highest BCUT2D eigenvalue weighted by Gasteiger charge is 2.12. The summed E-state index contributed by atoms with van der Waals surface area (Å²) in [4.78, 5) is 0. The van der Waals surface area contributed by atoms with Gasteiger partial charge in [-0.05, 0) is 25.6 Å². The maximum absolute atomic E-state index is 11.1. The summed E-state index contributed by atoms with van der Waals surface area (Å²) in [5, 5.41) is 0.172. The summed E-state index contributed by atoms with van der Waals surface area (Å²) >= 11 is 4.71. The van der Waals surface area contributed by atoms with Crippen molar-refractivity contribution in [2.75, 3.05) is 18.1 Å². The molecule has 0 atom stereocenters. The molecular weight excluding hydrogens is 196 g/mol. The smallest absolute Gasteiger partial charge is 0.174 e. The van der Waals surface area contributed by atoms with Crippen molar-refractivity contribution in [3.63, 3.8) is 0 Å². The van der Waals surface area contributed by atoms with Crippen LogP contribution in [0.3, 0.4) is 0 Å². The number of sulfone groups is 1. The molecule has 0 amide bonds. The molecule has 0 aromatic heterocycles. The summed E-state index contributed by atoms with van der Waals surface area (Å²) < 4.78 is 27.2. The summed E-state index contributed by atoms with van der Waals surface area (Å²) in [5.41, 5.74) is 0. The van der Waals surface area contributed by atoms with Crippen LogP contribution in [0.1, 0.15) is 20.3 Å². The summed E-state index contributed by atoms with van der Waals surface area (Å²) in [5.74, 6) is 0.0597. The Balaban J connectivity index is 3.98. The third-order valence-electron chi connectivity index (χ3n) is 1.16. The van der Waals surface area contributed by atoms with Gasteiger partial charge in [-0.1, -0.05) is 6.92 Å². The lowest BCUT2D eigenvalue weighted by Crippen LogP contribution is -2.19. The highest BCUT2D eigenvalue weighted by atomic mass is 32.2. The van der Waals surface area contributed by atoms with Crippen molar-refractivity contribution in [3.05, 3.63) is 0 Å². The second-order valence-corrected chi connectivity index (χ2v) is 5.04. The Labute approximate surface area is 79.0 Å². The minimum atomic E-state index is -3.02. The summed E-state index contributed by atoms with van der Waals surface area (Å²) in [7, 11) is -3.02. The van der Waals surface area contributed by atoms with Crippen LogP contribution in [0, 0.1) is 0 Å². The van der Waals surface area contributed by atoms with Gasteiger partial charge in [0.25, 0.3) is 0 Å². The molecule has 0 unspecified atom stereocenters. The van der Waals surface area contributed by atoms with E-state index in [1.165, 1.54) is 0 Å². The molecular formula is C7H14O3S2. The van der Waals surface area contributed by atoms with E-state index in [0.717, 1.165) is 0 Å². The van der Waals surface area contributed by atoms with Gasteiger partial charge in [0.2, 0.25) is 0 Å². The molecule has 0 radical (unpaired) electrons. The number of thiocarbonyl (C=S) groups is 1. The van der Waals surface area contributed by atoms with Gasteiger partial charge in [-0.15, -0.1) is 0 Å². The predicted molar refractivity (Wildman–Crippen MR) is 53.2 cm³/mol. The molecule has 0 heterocycles. The Morgan fingerprint density at radius 2 is 2.00 bits per heavy atom. The average Bonchev–Trinajstić information content (AvgIpc) is 1.85. The molecule has 0 aromatic carbocycles. The summed E-state index contributed by atoms with van der Waals surface area (Å²) in [6, 6.07) is 0. The van der Waals surface area contributed by atoms with Crippen molar-refractivity contribution >= 4 is 27.1 Å². The van der Waals surface area contributed by atoms with Gasteiger partial charge in [-0.2, -0.15) is 0 Å². The van der Waals surface area contributed by atoms with Crippen LogP contribution >= 0.6 is 12.2 Å². The first kappa shape index (κ1) is 11.8. The molecule has 0 aromatic rings. The molecule has 0 saturated carbocycles. The lowest BCUT2D eigenvalue weighted by molar-refractivity contribution is 0.334. The standard InChI is InChI=1S/C7H14O3S2/c1-3-5-12(8,9)6-7(11)10-4-2/h3-6H2,1-2H3. The van der Waals surface area contributed by atoms with Gasteiger partial charge in [0, 0.05) is 0 Å². The van der Waals surface area contributed by atoms with E-state index in [1.54, 1.807) is 6.92 Å². The van der Waals surface area contributed by atoms with E-state index in [0.29, 0.717) is 13.0 Å². The van der Waals surface area contributed by atoms with Gasteiger partial charge < -0.3 is 4.74 Å². The molecule has 0 fully saturated rings. The zero-order valence-corrected chi connectivity index (χ0v) is 9.00. The minimum absolute atomic E-state index is 0.121. The quantitative estimate of drug-likeness (QED) is 0.639. The van der Waals surface area contributed by atoms with Crippen molar-refractivity contribution in [2.24, 2.45) is 0 Å². The summed E-state index contributed by atoms with van der Waals surface area (Å²) in [6.45, 7) is 4.03. The van der Waals surface area contributed by atoms with Gasteiger partial charge in [0.15, 0.2) is 14.9 Å². The first-order valence-corrected chi connectivity index (χ1v) is 6.10. The first-order chi connectivity index (χ1) is 5.52. The molecule has 72 valence electrons. The van der Waals surface area contributed by atoms with Crippen molar-refractivity contribution in [3.8, 4) is 0 Å². The molecule has 0 aliphatic heterocycles. The lowest BCUT2D eigenvalue weighted by atomic mass is 10.6. The van der Waals surface area contributed by atoms with E-state index in [2.05, 4.69) is 0 Å². The monoisotopic (exact) mass is 210 g/mol. The SMILES string of the molecule is CCCS(=O)(=O)CC(=S)OCC. The molecule has 0 rings (SSSR count). The Morgan fingerprint density at radius 3 is 2.42 bits per heavy atom. The molecule has 3 nitrogen and oxygen atoms in total. The average molecular weight is 210 g/mol. The van der Waals surface area contributed by atoms with E-state index >= 15 is 0 Å². The third-order valence-corrected chi connectivity index (χ3v) is 3.34. The normalized spacial score (nSPS) is 11.2. The Morgan fingerprint density at radius 1 is 1.42 bits per heavy atom. The van der Waals surface area contributed by atoms with Gasteiger partial charge in [-0.3, -0.25) is 0 Å².